The van der Waals surface area contributed by atoms with Crippen LogP contribution in [0.15, 0.2) is 18.2 Å². The number of hydrogen-bond donors (Lipinski definition) is 1. The molecule has 1 aliphatic rings. The maximum Gasteiger partial charge on any atom is 0.269 e. The van der Waals surface area contributed by atoms with Gasteiger partial charge in [0.2, 0.25) is 0 Å². The standard InChI is InChI=1S/C12H16N2O4/c1-17-11-3-2-10(14(15)16)6-9(11)7-12(13)4-5-18-8-12/h2-3,6H,4-5,7-8,13H2,1H3. The quantitative estimate of drug-likeness (QED) is 0.644. The zero-order valence-electron chi connectivity index (χ0n) is 10.2. The average molecular weight is 252 g/mol. The van der Waals surface area contributed by atoms with Crippen LogP contribution in [0.5, 0.6) is 5.75 Å². The second kappa shape index (κ2) is 4.91. The smallest absolute Gasteiger partial charge is 0.269 e. The summed E-state index contributed by atoms with van der Waals surface area (Å²) in [5, 5.41) is 10.8. The summed E-state index contributed by atoms with van der Waals surface area (Å²) in [6.07, 6.45) is 1.26. The molecule has 1 fully saturated rings. The molecule has 0 saturated carbocycles. The molecule has 0 radical (unpaired) electrons. The van der Waals surface area contributed by atoms with E-state index in [2.05, 4.69) is 0 Å². The number of nitro benzene ring substituents is 1. The molecule has 1 unspecified atom stereocenters. The Morgan fingerprint density at radius 2 is 2.39 bits per heavy atom. The molecular weight excluding hydrogens is 236 g/mol. The Hall–Kier alpha value is -1.66. The van der Waals surface area contributed by atoms with Crippen molar-refractivity contribution in [2.45, 2.75) is 18.4 Å². The molecule has 98 valence electrons. The lowest BCUT2D eigenvalue weighted by molar-refractivity contribution is -0.384. The Labute approximate surface area is 105 Å². The molecule has 1 heterocycles. The normalized spacial score (nSPS) is 23.0. The Kier molecular flexibility index (Phi) is 3.49. The second-order valence-corrected chi connectivity index (χ2v) is 4.59. The van der Waals surface area contributed by atoms with Gasteiger partial charge in [-0.3, -0.25) is 10.1 Å². The van der Waals surface area contributed by atoms with Gasteiger partial charge in [0.25, 0.3) is 5.69 Å². The first kappa shape index (κ1) is 12.8. The highest BCUT2D eigenvalue weighted by Gasteiger charge is 2.32. The third-order valence-corrected chi connectivity index (χ3v) is 3.15. The van der Waals surface area contributed by atoms with Crippen molar-refractivity contribution >= 4 is 5.69 Å². The highest BCUT2D eigenvalue weighted by atomic mass is 16.6. The van der Waals surface area contributed by atoms with Crippen LogP contribution < -0.4 is 10.5 Å². The molecule has 0 bridgehead atoms. The van der Waals surface area contributed by atoms with Crippen LogP contribution in [0.3, 0.4) is 0 Å². The fourth-order valence-corrected chi connectivity index (χ4v) is 2.16. The molecule has 1 atom stereocenters. The van der Waals surface area contributed by atoms with Crippen molar-refractivity contribution in [2.24, 2.45) is 5.73 Å². The van der Waals surface area contributed by atoms with Crippen LogP contribution in [-0.4, -0.2) is 30.8 Å². The topological polar surface area (TPSA) is 87.6 Å². The molecule has 0 aliphatic carbocycles. The van der Waals surface area contributed by atoms with Crippen molar-refractivity contribution in [2.75, 3.05) is 20.3 Å². The van der Waals surface area contributed by atoms with Crippen molar-refractivity contribution < 1.29 is 14.4 Å². The number of nitro groups is 1. The molecule has 18 heavy (non-hydrogen) atoms. The highest BCUT2D eigenvalue weighted by Crippen LogP contribution is 2.29. The van der Waals surface area contributed by atoms with E-state index in [0.29, 0.717) is 25.4 Å². The molecular formula is C12H16N2O4. The van der Waals surface area contributed by atoms with Crippen LogP contribution >= 0.6 is 0 Å². The van der Waals surface area contributed by atoms with Gasteiger partial charge in [0.15, 0.2) is 0 Å². The molecule has 2 rings (SSSR count). The van der Waals surface area contributed by atoms with E-state index >= 15 is 0 Å². The number of nitrogens with two attached hydrogens (primary N) is 1. The predicted octanol–water partition coefficient (Wildman–Crippen LogP) is 1.26. The van der Waals surface area contributed by atoms with Crippen LogP contribution in [-0.2, 0) is 11.2 Å². The van der Waals surface area contributed by atoms with E-state index in [1.807, 2.05) is 0 Å². The van der Waals surface area contributed by atoms with Gasteiger partial charge in [0.1, 0.15) is 5.75 Å². The van der Waals surface area contributed by atoms with Crippen LogP contribution in [0.2, 0.25) is 0 Å². The lowest BCUT2D eigenvalue weighted by atomic mass is 9.90. The van der Waals surface area contributed by atoms with Crippen LogP contribution in [0.1, 0.15) is 12.0 Å². The van der Waals surface area contributed by atoms with Crippen LogP contribution in [0.25, 0.3) is 0 Å². The summed E-state index contributed by atoms with van der Waals surface area (Å²) in [5.74, 6) is 0.623. The molecule has 2 N–H and O–H groups in total. The third kappa shape index (κ3) is 2.60. The third-order valence-electron chi connectivity index (χ3n) is 3.15. The number of ether oxygens (including phenoxy) is 2. The van der Waals surface area contributed by atoms with Gasteiger partial charge in [0.05, 0.1) is 18.6 Å². The molecule has 0 amide bonds. The lowest BCUT2D eigenvalue weighted by Gasteiger charge is -2.22. The van der Waals surface area contributed by atoms with Gasteiger partial charge < -0.3 is 15.2 Å². The minimum atomic E-state index is -0.456. The van der Waals surface area contributed by atoms with Crippen molar-refractivity contribution in [3.05, 3.63) is 33.9 Å². The Morgan fingerprint density at radius 1 is 1.61 bits per heavy atom. The summed E-state index contributed by atoms with van der Waals surface area (Å²) in [7, 11) is 1.54. The van der Waals surface area contributed by atoms with Crippen molar-refractivity contribution in [3.8, 4) is 5.75 Å². The van der Waals surface area contributed by atoms with Gasteiger partial charge in [-0.15, -0.1) is 0 Å². The van der Waals surface area contributed by atoms with E-state index in [1.165, 1.54) is 12.1 Å². The number of nitrogens with zero attached hydrogens (tertiary/aromatic N) is 1. The minimum Gasteiger partial charge on any atom is -0.496 e. The molecule has 6 heteroatoms. The van der Waals surface area contributed by atoms with Crippen molar-refractivity contribution in [1.29, 1.82) is 0 Å². The van der Waals surface area contributed by atoms with E-state index in [9.17, 15) is 10.1 Å². The van der Waals surface area contributed by atoms with Crippen molar-refractivity contribution in [1.82, 2.24) is 0 Å². The van der Waals surface area contributed by atoms with Gasteiger partial charge in [-0.1, -0.05) is 0 Å². The monoisotopic (exact) mass is 252 g/mol. The Balaban J connectivity index is 2.29. The molecule has 1 aromatic carbocycles. The van der Waals surface area contributed by atoms with E-state index in [4.69, 9.17) is 15.2 Å². The van der Waals surface area contributed by atoms with Gasteiger partial charge in [-0.2, -0.15) is 0 Å². The number of hydrogen-bond acceptors (Lipinski definition) is 5. The van der Waals surface area contributed by atoms with Crippen LogP contribution in [0, 0.1) is 10.1 Å². The minimum absolute atomic E-state index is 0.0494. The fraction of sp³-hybridized carbons (Fsp3) is 0.500. The second-order valence-electron chi connectivity index (χ2n) is 4.59. The maximum atomic E-state index is 10.8. The first-order chi connectivity index (χ1) is 8.54. The first-order valence-corrected chi connectivity index (χ1v) is 5.72. The molecule has 6 nitrogen and oxygen atoms in total. The summed E-state index contributed by atoms with van der Waals surface area (Å²) in [6, 6.07) is 4.55. The fourth-order valence-electron chi connectivity index (χ4n) is 2.16. The van der Waals surface area contributed by atoms with E-state index in [-0.39, 0.29) is 5.69 Å². The molecule has 1 aliphatic heterocycles. The molecule has 1 saturated heterocycles. The number of benzene rings is 1. The SMILES string of the molecule is COc1ccc([N+](=O)[O-])cc1CC1(N)CCOC1. The van der Waals surface area contributed by atoms with Crippen molar-refractivity contribution in [3.63, 3.8) is 0 Å². The Bertz CT molecular complexity index is 455. The van der Waals surface area contributed by atoms with Gasteiger partial charge in [-0.05, 0) is 18.9 Å². The summed E-state index contributed by atoms with van der Waals surface area (Å²) in [4.78, 5) is 10.4. The predicted molar refractivity (Wildman–Crippen MR) is 65.7 cm³/mol. The van der Waals surface area contributed by atoms with Crippen LogP contribution in [0.4, 0.5) is 5.69 Å². The number of non-ortho nitro benzene ring substituents is 1. The number of rotatable bonds is 4. The van der Waals surface area contributed by atoms with E-state index in [1.54, 1.807) is 13.2 Å². The highest BCUT2D eigenvalue weighted by molar-refractivity contribution is 5.44. The average Bonchev–Trinajstić information content (AvgIpc) is 2.75. The Morgan fingerprint density at radius 3 is 2.94 bits per heavy atom. The van der Waals surface area contributed by atoms with Gasteiger partial charge in [0, 0.05) is 29.8 Å². The molecule has 0 spiro atoms. The lowest BCUT2D eigenvalue weighted by Crippen LogP contribution is -2.42. The summed E-state index contributed by atoms with van der Waals surface area (Å²) in [6.45, 7) is 1.10. The van der Waals surface area contributed by atoms with E-state index in [0.717, 1.165) is 12.0 Å². The summed E-state index contributed by atoms with van der Waals surface area (Å²) < 4.78 is 10.5. The largest absolute Gasteiger partial charge is 0.496 e. The summed E-state index contributed by atoms with van der Waals surface area (Å²) >= 11 is 0. The van der Waals surface area contributed by atoms with Gasteiger partial charge in [-0.25, -0.2) is 0 Å². The first-order valence-electron chi connectivity index (χ1n) is 5.72. The summed E-state index contributed by atoms with van der Waals surface area (Å²) in [5.41, 5.74) is 6.53. The zero-order valence-corrected chi connectivity index (χ0v) is 10.2. The molecule has 0 aromatic heterocycles. The molecule has 1 aromatic rings. The van der Waals surface area contributed by atoms with Gasteiger partial charge >= 0.3 is 0 Å². The van der Waals surface area contributed by atoms with E-state index < -0.39 is 10.5 Å². The maximum absolute atomic E-state index is 10.8. The number of methoxy groups -OCH3 is 1. The zero-order chi connectivity index (χ0) is 13.2.